The third kappa shape index (κ3) is 3.30. The van der Waals surface area contributed by atoms with Crippen LogP contribution in [0.15, 0.2) is 24.5 Å². The Hall–Kier alpha value is -1.47. The molecule has 0 bridgehead atoms. The van der Waals surface area contributed by atoms with E-state index in [0.717, 1.165) is 11.0 Å². The first-order valence-corrected chi connectivity index (χ1v) is 5.68. The van der Waals surface area contributed by atoms with E-state index >= 15 is 0 Å². The van der Waals surface area contributed by atoms with Crippen LogP contribution in [0, 0.1) is 0 Å². The lowest BCUT2D eigenvalue weighted by molar-refractivity contribution is -0.155. The van der Waals surface area contributed by atoms with Gasteiger partial charge in [0.05, 0.1) is 10.0 Å². The normalized spacial score (nSPS) is 11.6. The van der Waals surface area contributed by atoms with Crippen LogP contribution < -0.4 is 4.74 Å². The molecule has 1 aromatic carbocycles. The fourth-order valence-corrected chi connectivity index (χ4v) is 1.88. The lowest BCUT2D eigenvalue weighted by Gasteiger charge is -2.11. The second-order valence-corrected chi connectivity index (χ2v) is 4.24. The standard InChI is InChI=1S/C10H6Cl2F3N3O/c11-6-2-1-3-7(12)8(6)18-9(16-5-17-18)19-4-10(13,14)15/h1-3,5H,4H2. The van der Waals surface area contributed by atoms with Gasteiger partial charge < -0.3 is 4.74 Å². The summed E-state index contributed by atoms with van der Waals surface area (Å²) in [4.78, 5) is 3.59. The molecular formula is C10H6Cl2F3N3O. The SMILES string of the molecule is FC(F)(F)COc1ncnn1-c1c(Cl)cccc1Cl. The van der Waals surface area contributed by atoms with Crippen LogP contribution in [0.25, 0.3) is 5.69 Å². The highest BCUT2D eigenvalue weighted by atomic mass is 35.5. The Morgan fingerprint density at radius 3 is 2.42 bits per heavy atom. The molecule has 2 aromatic rings. The number of aromatic nitrogens is 3. The monoisotopic (exact) mass is 311 g/mol. The topological polar surface area (TPSA) is 39.9 Å². The van der Waals surface area contributed by atoms with Crippen molar-refractivity contribution in [3.63, 3.8) is 0 Å². The molecule has 2 rings (SSSR count). The van der Waals surface area contributed by atoms with Gasteiger partial charge in [-0.05, 0) is 12.1 Å². The fourth-order valence-electron chi connectivity index (χ4n) is 1.32. The first-order chi connectivity index (χ1) is 8.88. The molecule has 0 aliphatic carbocycles. The summed E-state index contributed by atoms with van der Waals surface area (Å²) in [5.74, 6) is 0. The smallest absolute Gasteiger partial charge is 0.422 e. The van der Waals surface area contributed by atoms with Gasteiger partial charge in [0.2, 0.25) is 0 Å². The van der Waals surface area contributed by atoms with Gasteiger partial charge in [-0.1, -0.05) is 29.3 Å². The van der Waals surface area contributed by atoms with Gasteiger partial charge in [0.1, 0.15) is 12.0 Å². The second-order valence-electron chi connectivity index (χ2n) is 3.43. The molecular weight excluding hydrogens is 306 g/mol. The minimum absolute atomic E-state index is 0.209. The number of nitrogens with zero attached hydrogens (tertiary/aromatic N) is 3. The van der Waals surface area contributed by atoms with E-state index in [1.54, 1.807) is 6.07 Å². The first kappa shape index (κ1) is 14.0. The molecule has 0 atom stereocenters. The molecule has 1 heterocycles. The van der Waals surface area contributed by atoms with Crippen molar-refractivity contribution in [2.24, 2.45) is 0 Å². The molecule has 0 amide bonds. The summed E-state index contributed by atoms with van der Waals surface area (Å²) in [6, 6.07) is 4.31. The maximum Gasteiger partial charge on any atom is 0.422 e. The number of hydrogen-bond donors (Lipinski definition) is 0. The summed E-state index contributed by atoms with van der Waals surface area (Å²) in [7, 11) is 0. The van der Waals surface area contributed by atoms with Gasteiger partial charge in [0.15, 0.2) is 6.61 Å². The fraction of sp³-hybridized carbons (Fsp3) is 0.200. The zero-order valence-corrected chi connectivity index (χ0v) is 10.7. The van der Waals surface area contributed by atoms with Gasteiger partial charge in [0, 0.05) is 0 Å². The summed E-state index contributed by atoms with van der Waals surface area (Å²) in [6.45, 7) is -1.48. The third-order valence-corrected chi connectivity index (χ3v) is 2.64. The van der Waals surface area contributed by atoms with Crippen molar-refractivity contribution in [1.29, 1.82) is 0 Å². The minimum Gasteiger partial charge on any atom is -0.454 e. The minimum atomic E-state index is -4.47. The van der Waals surface area contributed by atoms with Crippen molar-refractivity contribution in [2.75, 3.05) is 6.61 Å². The van der Waals surface area contributed by atoms with E-state index in [0.29, 0.717) is 0 Å². The van der Waals surface area contributed by atoms with E-state index < -0.39 is 12.8 Å². The quantitative estimate of drug-likeness (QED) is 0.870. The Morgan fingerprint density at radius 1 is 1.21 bits per heavy atom. The van der Waals surface area contributed by atoms with Crippen LogP contribution in [0.2, 0.25) is 10.0 Å². The molecule has 0 saturated carbocycles. The van der Waals surface area contributed by atoms with E-state index in [9.17, 15) is 13.2 Å². The molecule has 0 saturated heterocycles. The molecule has 0 radical (unpaired) electrons. The van der Waals surface area contributed by atoms with Crippen molar-refractivity contribution in [1.82, 2.24) is 14.8 Å². The average molecular weight is 312 g/mol. The van der Waals surface area contributed by atoms with E-state index in [-0.39, 0.29) is 21.7 Å². The van der Waals surface area contributed by atoms with E-state index in [2.05, 4.69) is 14.8 Å². The Kier molecular flexibility index (Phi) is 3.86. The third-order valence-electron chi connectivity index (χ3n) is 2.03. The molecule has 0 fully saturated rings. The van der Waals surface area contributed by atoms with E-state index in [4.69, 9.17) is 23.2 Å². The highest BCUT2D eigenvalue weighted by Gasteiger charge is 2.29. The van der Waals surface area contributed by atoms with Crippen LogP contribution in [0.1, 0.15) is 0 Å². The molecule has 4 nitrogen and oxygen atoms in total. The van der Waals surface area contributed by atoms with Crippen molar-refractivity contribution in [3.8, 4) is 11.7 Å². The van der Waals surface area contributed by atoms with Crippen LogP contribution in [0.5, 0.6) is 6.01 Å². The molecule has 0 unspecified atom stereocenters. The number of para-hydroxylation sites is 1. The molecule has 1 aromatic heterocycles. The van der Waals surface area contributed by atoms with Crippen molar-refractivity contribution in [3.05, 3.63) is 34.6 Å². The largest absolute Gasteiger partial charge is 0.454 e. The molecule has 0 N–H and O–H groups in total. The van der Waals surface area contributed by atoms with Crippen LogP contribution in [0.4, 0.5) is 13.2 Å². The zero-order valence-electron chi connectivity index (χ0n) is 9.16. The second kappa shape index (κ2) is 5.26. The van der Waals surface area contributed by atoms with Crippen molar-refractivity contribution < 1.29 is 17.9 Å². The number of alkyl halides is 3. The van der Waals surface area contributed by atoms with Gasteiger partial charge in [-0.2, -0.15) is 27.9 Å². The summed E-state index contributed by atoms with van der Waals surface area (Å²) in [5, 5.41) is 4.19. The van der Waals surface area contributed by atoms with Gasteiger partial charge >= 0.3 is 12.2 Å². The van der Waals surface area contributed by atoms with Gasteiger partial charge in [-0.15, -0.1) is 0 Å². The first-order valence-electron chi connectivity index (χ1n) is 4.92. The molecule has 102 valence electrons. The molecule has 9 heteroatoms. The van der Waals surface area contributed by atoms with Gasteiger partial charge in [-0.25, -0.2) is 0 Å². The van der Waals surface area contributed by atoms with E-state index in [1.165, 1.54) is 12.1 Å². The van der Waals surface area contributed by atoms with E-state index in [1.807, 2.05) is 0 Å². The predicted octanol–water partition coefficient (Wildman–Crippen LogP) is 3.52. The van der Waals surface area contributed by atoms with Crippen LogP contribution >= 0.6 is 23.2 Å². The van der Waals surface area contributed by atoms with Crippen LogP contribution in [0.3, 0.4) is 0 Å². The molecule has 19 heavy (non-hydrogen) atoms. The Bertz CT molecular complexity index is 565. The van der Waals surface area contributed by atoms with Crippen molar-refractivity contribution >= 4 is 23.2 Å². The zero-order chi connectivity index (χ0) is 14.0. The number of benzene rings is 1. The number of rotatable bonds is 3. The van der Waals surface area contributed by atoms with Gasteiger partial charge in [0.25, 0.3) is 0 Å². The summed E-state index contributed by atoms with van der Waals surface area (Å²) >= 11 is 11.9. The Morgan fingerprint density at radius 2 is 1.84 bits per heavy atom. The van der Waals surface area contributed by atoms with Crippen LogP contribution in [-0.4, -0.2) is 27.5 Å². The molecule has 0 spiro atoms. The van der Waals surface area contributed by atoms with Crippen molar-refractivity contribution in [2.45, 2.75) is 6.18 Å². The lowest BCUT2D eigenvalue weighted by atomic mass is 10.3. The number of halogens is 5. The van der Waals surface area contributed by atoms with Crippen LogP contribution in [-0.2, 0) is 0 Å². The Labute approximate surface area is 115 Å². The maximum absolute atomic E-state index is 12.1. The summed E-state index contributed by atoms with van der Waals surface area (Å²) in [5.41, 5.74) is 0.209. The summed E-state index contributed by atoms with van der Waals surface area (Å²) < 4.78 is 41.9. The average Bonchev–Trinajstić information content (AvgIpc) is 2.73. The lowest BCUT2D eigenvalue weighted by Crippen LogP contribution is -2.20. The Balaban J connectivity index is 2.34. The van der Waals surface area contributed by atoms with Gasteiger partial charge in [-0.3, -0.25) is 0 Å². The highest BCUT2D eigenvalue weighted by Crippen LogP contribution is 2.30. The number of ether oxygens (including phenoxy) is 1. The summed E-state index contributed by atoms with van der Waals surface area (Å²) in [6.07, 6.45) is -3.42. The highest BCUT2D eigenvalue weighted by molar-refractivity contribution is 6.37. The number of hydrogen-bond acceptors (Lipinski definition) is 3. The maximum atomic E-state index is 12.1. The molecule has 0 aliphatic heterocycles. The molecule has 0 aliphatic rings. The predicted molar refractivity (Wildman–Crippen MR) is 62.9 cm³/mol.